The Labute approximate surface area is 116 Å². The second-order valence-electron chi connectivity index (χ2n) is 5.08. The molecule has 1 fully saturated rings. The third-order valence-corrected chi connectivity index (χ3v) is 3.81. The summed E-state index contributed by atoms with van der Waals surface area (Å²) in [6.45, 7) is 0.722. The Hall–Kier alpha value is -2.15. The van der Waals surface area contributed by atoms with Gasteiger partial charge in [-0.1, -0.05) is 6.42 Å². The predicted octanol–water partition coefficient (Wildman–Crippen LogP) is 1.49. The van der Waals surface area contributed by atoms with Crippen LogP contribution in [0.5, 0.6) is 0 Å². The third-order valence-electron chi connectivity index (χ3n) is 3.81. The summed E-state index contributed by atoms with van der Waals surface area (Å²) >= 11 is 0. The number of hydrogen-bond acceptors (Lipinski definition) is 6. The van der Waals surface area contributed by atoms with Crippen LogP contribution in [0.25, 0.3) is 0 Å². The summed E-state index contributed by atoms with van der Waals surface area (Å²) in [6.07, 6.45) is 4.01. The summed E-state index contributed by atoms with van der Waals surface area (Å²) in [7, 11) is 0. The van der Waals surface area contributed by atoms with Crippen molar-refractivity contribution in [2.24, 2.45) is 5.10 Å². The van der Waals surface area contributed by atoms with E-state index in [0.717, 1.165) is 38.1 Å². The maximum Gasteiger partial charge on any atom is 0.269 e. The molecule has 0 amide bonds. The zero-order valence-corrected chi connectivity index (χ0v) is 11.0. The minimum absolute atomic E-state index is 0.00681. The van der Waals surface area contributed by atoms with Gasteiger partial charge in [-0.2, -0.15) is 5.10 Å². The van der Waals surface area contributed by atoms with E-state index >= 15 is 0 Å². The summed E-state index contributed by atoms with van der Waals surface area (Å²) in [6, 6.07) is 5.92. The van der Waals surface area contributed by atoms with E-state index in [-0.39, 0.29) is 5.69 Å². The van der Waals surface area contributed by atoms with E-state index < -0.39 is 10.8 Å². The van der Waals surface area contributed by atoms with E-state index in [9.17, 15) is 15.2 Å². The molecule has 0 unspecified atom stereocenters. The van der Waals surface area contributed by atoms with Crippen molar-refractivity contribution >= 4 is 11.5 Å². The number of nitro groups is 1. The van der Waals surface area contributed by atoms with Gasteiger partial charge in [-0.25, -0.2) is 0 Å². The number of amidine groups is 1. The molecule has 1 atom stereocenters. The van der Waals surface area contributed by atoms with Crippen LogP contribution in [0.2, 0.25) is 0 Å². The van der Waals surface area contributed by atoms with Gasteiger partial charge in [0.1, 0.15) is 5.84 Å². The van der Waals surface area contributed by atoms with Crippen LogP contribution in [-0.4, -0.2) is 27.3 Å². The second kappa shape index (κ2) is 4.75. The molecule has 0 bridgehead atoms. The van der Waals surface area contributed by atoms with E-state index in [2.05, 4.69) is 10.5 Å². The van der Waals surface area contributed by atoms with Crippen molar-refractivity contribution in [3.05, 3.63) is 39.9 Å². The molecule has 106 valence electrons. The highest BCUT2D eigenvalue weighted by Gasteiger charge is 2.43. The second-order valence-corrected chi connectivity index (χ2v) is 5.08. The number of hydrazone groups is 1. The van der Waals surface area contributed by atoms with Gasteiger partial charge >= 0.3 is 0 Å². The molecule has 1 aromatic rings. The highest BCUT2D eigenvalue weighted by atomic mass is 16.6. The van der Waals surface area contributed by atoms with E-state index in [1.165, 1.54) is 12.1 Å². The molecule has 0 spiro atoms. The van der Waals surface area contributed by atoms with Crippen LogP contribution in [0.15, 0.2) is 29.4 Å². The predicted molar refractivity (Wildman–Crippen MR) is 72.7 cm³/mol. The zero-order chi connectivity index (χ0) is 14.2. The first-order chi connectivity index (χ1) is 9.61. The molecule has 2 heterocycles. The van der Waals surface area contributed by atoms with Gasteiger partial charge < -0.3 is 10.0 Å². The molecule has 1 saturated heterocycles. The van der Waals surface area contributed by atoms with Crippen molar-refractivity contribution in [2.75, 3.05) is 6.54 Å². The number of non-ortho nitro benzene ring substituents is 1. The van der Waals surface area contributed by atoms with Crippen LogP contribution < -0.4 is 5.43 Å². The van der Waals surface area contributed by atoms with E-state index in [1.54, 1.807) is 12.1 Å². The highest BCUT2D eigenvalue weighted by Crippen LogP contribution is 2.31. The van der Waals surface area contributed by atoms with E-state index in [4.69, 9.17) is 0 Å². The highest BCUT2D eigenvalue weighted by molar-refractivity contribution is 5.84. The number of fused-ring (bicyclic) bond motifs is 1. The first-order valence-corrected chi connectivity index (χ1v) is 6.70. The number of nitrogens with one attached hydrogen (secondary N) is 1. The Morgan fingerprint density at radius 1 is 1.30 bits per heavy atom. The van der Waals surface area contributed by atoms with E-state index in [1.807, 2.05) is 4.90 Å². The van der Waals surface area contributed by atoms with Crippen LogP contribution in [0, 0.1) is 10.1 Å². The molecule has 0 aliphatic carbocycles. The number of nitro benzene ring substituents is 1. The molecular formula is C13H16N4O3. The molecular weight excluding hydrogens is 260 g/mol. The molecule has 7 heteroatoms. The normalized spacial score (nSPS) is 25.4. The molecule has 20 heavy (non-hydrogen) atoms. The Balaban J connectivity index is 1.90. The summed E-state index contributed by atoms with van der Waals surface area (Å²) in [4.78, 5) is 12.1. The fraction of sp³-hybridized carbons (Fsp3) is 0.462. The Bertz CT molecular complexity index is 557. The fourth-order valence-electron chi connectivity index (χ4n) is 2.70. The van der Waals surface area contributed by atoms with Gasteiger partial charge in [-0.15, -0.1) is 0 Å². The van der Waals surface area contributed by atoms with Gasteiger partial charge in [0, 0.05) is 30.7 Å². The van der Waals surface area contributed by atoms with Crippen LogP contribution in [-0.2, 0) is 5.85 Å². The number of aliphatic hydroxyl groups is 1. The molecule has 2 aliphatic heterocycles. The first-order valence-electron chi connectivity index (χ1n) is 6.70. The number of benzene rings is 1. The van der Waals surface area contributed by atoms with E-state index in [0.29, 0.717) is 5.56 Å². The SMILES string of the molecule is O=[N+]([O-])c1ccc([C@@]2(O)NN=C3CCCCCN32)cc1. The van der Waals surface area contributed by atoms with Crippen LogP contribution >= 0.6 is 0 Å². The van der Waals surface area contributed by atoms with Gasteiger partial charge in [0.25, 0.3) is 11.5 Å². The molecule has 1 aromatic carbocycles. The van der Waals surface area contributed by atoms with Crippen molar-refractivity contribution in [1.82, 2.24) is 10.3 Å². The lowest BCUT2D eigenvalue weighted by molar-refractivity contribution is -0.384. The molecule has 2 aliphatic rings. The van der Waals surface area contributed by atoms with Crippen molar-refractivity contribution in [2.45, 2.75) is 31.5 Å². The molecule has 0 radical (unpaired) electrons. The summed E-state index contributed by atoms with van der Waals surface area (Å²) in [5, 5.41) is 25.7. The van der Waals surface area contributed by atoms with Crippen molar-refractivity contribution < 1.29 is 10.0 Å². The number of hydrogen-bond donors (Lipinski definition) is 2. The standard InChI is InChI=1S/C13H16N4O3/c18-13(10-5-7-11(8-6-10)17(19)20)15-14-12-4-2-1-3-9-16(12)13/h5-8,15,18H,1-4,9H2/t13-/m1/s1. The van der Waals surface area contributed by atoms with Gasteiger partial charge in [0.05, 0.1) is 4.92 Å². The zero-order valence-electron chi connectivity index (χ0n) is 11.0. The Morgan fingerprint density at radius 3 is 2.75 bits per heavy atom. The first kappa shape index (κ1) is 12.9. The minimum atomic E-state index is -1.39. The van der Waals surface area contributed by atoms with Gasteiger partial charge in [-0.05, 0) is 25.0 Å². The summed E-state index contributed by atoms with van der Waals surface area (Å²) < 4.78 is 0. The lowest BCUT2D eigenvalue weighted by Gasteiger charge is -2.34. The van der Waals surface area contributed by atoms with Crippen molar-refractivity contribution in [3.8, 4) is 0 Å². The molecule has 3 rings (SSSR count). The van der Waals surface area contributed by atoms with Crippen molar-refractivity contribution in [1.29, 1.82) is 0 Å². The average Bonchev–Trinajstić information content (AvgIpc) is 2.65. The van der Waals surface area contributed by atoms with Crippen LogP contribution in [0.1, 0.15) is 31.2 Å². The summed E-state index contributed by atoms with van der Waals surface area (Å²) in [5.41, 5.74) is 3.33. The maximum absolute atomic E-state index is 10.8. The quantitative estimate of drug-likeness (QED) is 0.631. The lowest BCUT2D eigenvalue weighted by atomic mass is 10.1. The average molecular weight is 276 g/mol. The number of nitrogens with zero attached hydrogens (tertiary/aromatic N) is 3. The van der Waals surface area contributed by atoms with Crippen LogP contribution in [0.3, 0.4) is 0 Å². The molecule has 0 saturated carbocycles. The lowest BCUT2D eigenvalue weighted by Crippen LogP contribution is -2.51. The van der Waals surface area contributed by atoms with Gasteiger partial charge in [0.2, 0.25) is 0 Å². The Kier molecular flexibility index (Phi) is 3.06. The largest absolute Gasteiger partial charge is 0.349 e. The van der Waals surface area contributed by atoms with Crippen LogP contribution in [0.4, 0.5) is 5.69 Å². The third kappa shape index (κ3) is 2.00. The Morgan fingerprint density at radius 2 is 2.05 bits per heavy atom. The van der Waals surface area contributed by atoms with Crippen molar-refractivity contribution in [3.63, 3.8) is 0 Å². The van der Waals surface area contributed by atoms with Gasteiger partial charge in [-0.3, -0.25) is 15.5 Å². The summed E-state index contributed by atoms with van der Waals surface area (Å²) in [5.74, 6) is -0.544. The molecule has 2 N–H and O–H groups in total. The topological polar surface area (TPSA) is 91.0 Å². The maximum atomic E-state index is 10.8. The minimum Gasteiger partial charge on any atom is -0.349 e. The number of rotatable bonds is 2. The molecule has 7 nitrogen and oxygen atoms in total. The monoisotopic (exact) mass is 276 g/mol. The van der Waals surface area contributed by atoms with Gasteiger partial charge in [0.15, 0.2) is 0 Å². The molecule has 0 aromatic heterocycles. The smallest absolute Gasteiger partial charge is 0.269 e. The fourth-order valence-corrected chi connectivity index (χ4v) is 2.70.